The number of anilines is 1. The van der Waals surface area contributed by atoms with Gasteiger partial charge >= 0.3 is 0 Å². The van der Waals surface area contributed by atoms with E-state index >= 15 is 0 Å². The van der Waals surface area contributed by atoms with Crippen molar-refractivity contribution < 1.29 is 5.11 Å². The highest BCUT2D eigenvalue weighted by molar-refractivity contribution is 5.44. The van der Waals surface area contributed by atoms with E-state index in [0.717, 1.165) is 30.8 Å². The van der Waals surface area contributed by atoms with Gasteiger partial charge in [-0.1, -0.05) is 13.8 Å². The lowest BCUT2D eigenvalue weighted by atomic mass is 10.1. The Hall–Kier alpha value is -1.13. The van der Waals surface area contributed by atoms with Gasteiger partial charge in [0, 0.05) is 19.1 Å². The van der Waals surface area contributed by atoms with Gasteiger partial charge in [0.25, 0.3) is 0 Å². The van der Waals surface area contributed by atoms with Crippen LogP contribution in [0.5, 0.6) is 0 Å². The quantitative estimate of drug-likeness (QED) is 0.757. The number of aromatic nitrogens is 1. The number of hydrogen-bond donors (Lipinski definition) is 2. The molecule has 1 aromatic heterocycles. The SMILES string of the molecule is CCCN(CCO)c1ccc([C@@H](N)CC)nc1. The molecule has 4 nitrogen and oxygen atoms in total. The van der Waals surface area contributed by atoms with Crippen molar-refractivity contribution in [1.82, 2.24) is 4.98 Å². The Kier molecular flexibility index (Phi) is 5.94. The maximum absolute atomic E-state index is 9.02. The van der Waals surface area contributed by atoms with Crippen molar-refractivity contribution in [3.8, 4) is 0 Å². The van der Waals surface area contributed by atoms with Gasteiger partial charge < -0.3 is 15.7 Å². The molecule has 0 aliphatic carbocycles. The predicted molar refractivity (Wildman–Crippen MR) is 71.0 cm³/mol. The topological polar surface area (TPSA) is 62.4 Å². The highest BCUT2D eigenvalue weighted by Crippen LogP contribution is 2.17. The third-order valence-corrected chi connectivity index (χ3v) is 2.82. The van der Waals surface area contributed by atoms with Crippen LogP contribution in [0.2, 0.25) is 0 Å². The zero-order chi connectivity index (χ0) is 12.7. The zero-order valence-electron chi connectivity index (χ0n) is 10.8. The minimum Gasteiger partial charge on any atom is -0.395 e. The average Bonchev–Trinajstić information content (AvgIpc) is 2.38. The summed E-state index contributed by atoms with van der Waals surface area (Å²) in [4.78, 5) is 6.52. The molecule has 0 saturated heterocycles. The normalized spacial score (nSPS) is 12.5. The first kappa shape index (κ1) is 13.9. The van der Waals surface area contributed by atoms with Crippen LogP contribution < -0.4 is 10.6 Å². The second kappa shape index (κ2) is 7.25. The van der Waals surface area contributed by atoms with E-state index in [2.05, 4.69) is 23.7 Å². The van der Waals surface area contributed by atoms with Gasteiger partial charge in [-0.2, -0.15) is 0 Å². The summed E-state index contributed by atoms with van der Waals surface area (Å²) in [6, 6.07) is 4.02. The first-order chi connectivity index (χ1) is 8.22. The summed E-state index contributed by atoms with van der Waals surface area (Å²) in [7, 11) is 0. The van der Waals surface area contributed by atoms with Crippen molar-refractivity contribution in [2.75, 3.05) is 24.6 Å². The molecular formula is C13H23N3O. The Morgan fingerprint density at radius 3 is 2.59 bits per heavy atom. The van der Waals surface area contributed by atoms with Gasteiger partial charge in [-0.3, -0.25) is 4.98 Å². The number of aliphatic hydroxyl groups is 1. The van der Waals surface area contributed by atoms with Crippen LogP contribution in [0.1, 0.15) is 38.4 Å². The molecule has 17 heavy (non-hydrogen) atoms. The summed E-state index contributed by atoms with van der Waals surface area (Å²) in [5.74, 6) is 0. The highest BCUT2D eigenvalue weighted by Gasteiger charge is 2.08. The highest BCUT2D eigenvalue weighted by atomic mass is 16.3. The molecule has 1 heterocycles. The molecule has 0 aliphatic heterocycles. The van der Waals surface area contributed by atoms with Crippen LogP contribution in [0.15, 0.2) is 18.3 Å². The Balaban J connectivity index is 2.76. The zero-order valence-corrected chi connectivity index (χ0v) is 10.8. The first-order valence-corrected chi connectivity index (χ1v) is 6.30. The van der Waals surface area contributed by atoms with Gasteiger partial charge in [-0.15, -0.1) is 0 Å². The van der Waals surface area contributed by atoms with E-state index in [0.29, 0.717) is 6.54 Å². The average molecular weight is 237 g/mol. The Labute approximate surface area is 103 Å². The van der Waals surface area contributed by atoms with Crippen molar-refractivity contribution in [2.45, 2.75) is 32.7 Å². The second-order valence-corrected chi connectivity index (χ2v) is 4.17. The molecular weight excluding hydrogens is 214 g/mol. The van der Waals surface area contributed by atoms with Crippen molar-refractivity contribution in [2.24, 2.45) is 5.73 Å². The van der Waals surface area contributed by atoms with Gasteiger partial charge in [0.2, 0.25) is 0 Å². The van der Waals surface area contributed by atoms with E-state index in [1.807, 2.05) is 18.3 Å². The summed E-state index contributed by atoms with van der Waals surface area (Å²) >= 11 is 0. The van der Waals surface area contributed by atoms with Crippen LogP contribution in [-0.2, 0) is 0 Å². The summed E-state index contributed by atoms with van der Waals surface area (Å²) in [5.41, 5.74) is 7.90. The maximum Gasteiger partial charge on any atom is 0.0606 e. The lowest BCUT2D eigenvalue weighted by Crippen LogP contribution is -2.27. The van der Waals surface area contributed by atoms with Crippen molar-refractivity contribution in [3.63, 3.8) is 0 Å². The third-order valence-electron chi connectivity index (χ3n) is 2.82. The molecule has 0 aromatic carbocycles. The molecule has 0 fully saturated rings. The summed E-state index contributed by atoms with van der Waals surface area (Å²) in [6.07, 6.45) is 3.79. The molecule has 0 saturated carbocycles. The van der Waals surface area contributed by atoms with Crippen LogP contribution in [0.4, 0.5) is 5.69 Å². The molecule has 0 aliphatic rings. The standard InChI is InChI=1S/C13H23N3O/c1-3-7-16(8-9-17)11-5-6-13(15-10-11)12(14)4-2/h5-6,10,12,17H,3-4,7-9,14H2,1-2H3/t12-/m0/s1. The van der Waals surface area contributed by atoms with Gasteiger partial charge in [0.15, 0.2) is 0 Å². The lowest BCUT2D eigenvalue weighted by Gasteiger charge is -2.23. The molecule has 3 N–H and O–H groups in total. The van der Waals surface area contributed by atoms with Crippen LogP contribution in [-0.4, -0.2) is 29.8 Å². The lowest BCUT2D eigenvalue weighted by molar-refractivity contribution is 0.302. The van der Waals surface area contributed by atoms with E-state index in [-0.39, 0.29) is 12.6 Å². The number of hydrogen-bond acceptors (Lipinski definition) is 4. The van der Waals surface area contributed by atoms with Crippen LogP contribution in [0.25, 0.3) is 0 Å². The largest absolute Gasteiger partial charge is 0.395 e. The maximum atomic E-state index is 9.02. The van der Waals surface area contributed by atoms with E-state index in [9.17, 15) is 0 Å². The molecule has 1 aromatic rings. The summed E-state index contributed by atoms with van der Waals surface area (Å²) in [6.45, 7) is 5.92. The molecule has 1 atom stereocenters. The molecule has 0 bridgehead atoms. The molecule has 0 unspecified atom stereocenters. The van der Waals surface area contributed by atoms with E-state index in [1.165, 1.54) is 0 Å². The number of nitrogens with zero attached hydrogens (tertiary/aromatic N) is 2. The van der Waals surface area contributed by atoms with Crippen molar-refractivity contribution >= 4 is 5.69 Å². The van der Waals surface area contributed by atoms with Gasteiger partial charge in [0.1, 0.15) is 0 Å². The minimum atomic E-state index is 0.0153. The number of aliphatic hydroxyl groups excluding tert-OH is 1. The van der Waals surface area contributed by atoms with Crippen molar-refractivity contribution in [1.29, 1.82) is 0 Å². The molecule has 0 amide bonds. The van der Waals surface area contributed by atoms with E-state index < -0.39 is 0 Å². The first-order valence-electron chi connectivity index (χ1n) is 6.30. The minimum absolute atomic E-state index is 0.0153. The van der Waals surface area contributed by atoms with Crippen molar-refractivity contribution in [3.05, 3.63) is 24.0 Å². The fourth-order valence-electron chi connectivity index (χ4n) is 1.77. The summed E-state index contributed by atoms with van der Waals surface area (Å²) in [5, 5.41) is 9.02. The van der Waals surface area contributed by atoms with Crippen LogP contribution in [0.3, 0.4) is 0 Å². The molecule has 0 radical (unpaired) electrons. The molecule has 96 valence electrons. The smallest absolute Gasteiger partial charge is 0.0606 e. The fraction of sp³-hybridized carbons (Fsp3) is 0.615. The Morgan fingerprint density at radius 2 is 2.12 bits per heavy atom. The second-order valence-electron chi connectivity index (χ2n) is 4.17. The number of pyridine rings is 1. The van der Waals surface area contributed by atoms with Crippen LogP contribution >= 0.6 is 0 Å². The molecule has 1 rings (SSSR count). The fourth-order valence-corrected chi connectivity index (χ4v) is 1.77. The predicted octanol–water partition coefficient (Wildman–Crippen LogP) is 1.70. The van der Waals surface area contributed by atoms with E-state index in [4.69, 9.17) is 10.8 Å². The van der Waals surface area contributed by atoms with E-state index in [1.54, 1.807) is 0 Å². The van der Waals surface area contributed by atoms with Gasteiger partial charge in [-0.05, 0) is 25.0 Å². The number of rotatable bonds is 7. The van der Waals surface area contributed by atoms with Gasteiger partial charge in [0.05, 0.1) is 24.2 Å². The number of nitrogens with two attached hydrogens (primary N) is 1. The van der Waals surface area contributed by atoms with Crippen LogP contribution in [0, 0.1) is 0 Å². The monoisotopic (exact) mass is 237 g/mol. The summed E-state index contributed by atoms with van der Waals surface area (Å²) < 4.78 is 0. The molecule has 0 spiro atoms. The Morgan fingerprint density at radius 1 is 1.35 bits per heavy atom. The third kappa shape index (κ3) is 3.98. The molecule has 4 heteroatoms. The van der Waals surface area contributed by atoms with Gasteiger partial charge in [-0.25, -0.2) is 0 Å². The Bertz CT molecular complexity index is 307.